The van der Waals surface area contributed by atoms with E-state index in [1.807, 2.05) is 62.6 Å². The Bertz CT molecular complexity index is 389. The van der Waals surface area contributed by atoms with Crippen molar-refractivity contribution in [1.29, 1.82) is 0 Å². The molecule has 1 fully saturated rings. The Labute approximate surface area is 215 Å². The van der Waals surface area contributed by atoms with E-state index < -0.39 is 11.2 Å². The van der Waals surface area contributed by atoms with Gasteiger partial charge in [0.15, 0.2) is 0 Å². The second-order valence-electron chi connectivity index (χ2n) is 9.65. The minimum atomic E-state index is -0.612. The smallest absolute Gasteiger partial charge is 0.0797 e. The normalized spacial score (nSPS) is 18.2. The van der Waals surface area contributed by atoms with E-state index in [9.17, 15) is 10.2 Å². The molecule has 0 aromatic rings. The highest BCUT2D eigenvalue weighted by molar-refractivity contribution is 4.90. The minimum Gasteiger partial charge on any atom is -0.392 e. The predicted octanol–water partition coefficient (Wildman–Crippen LogP) is 5.24. The molecular formula is C28H67N3O3. The summed E-state index contributed by atoms with van der Waals surface area (Å²) in [5.41, 5.74) is -1.04. The molecule has 4 atom stereocenters. The third-order valence-electron chi connectivity index (χ3n) is 6.15. The fraction of sp³-hybridized carbons (Fsp3) is 1.00. The first kappa shape index (κ1) is 40.9. The number of aliphatic hydroxyl groups is 3. The van der Waals surface area contributed by atoms with Crippen LogP contribution in [0, 0.1) is 0 Å². The SMILES string of the molecule is CC.CC.CCC(NC(C)C)C(C)(C)O.CCC(NC)C(C)O.CNC(C)C1(O)CCCCC1. The van der Waals surface area contributed by atoms with E-state index in [0.29, 0.717) is 6.04 Å². The summed E-state index contributed by atoms with van der Waals surface area (Å²) < 4.78 is 0. The van der Waals surface area contributed by atoms with Gasteiger partial charge in [-0.2, -0.15) is 0 Å². The van der Waals surface area contributed by atoms with Crippen LogP contribution < -0.4 is 16.0 Å². The third-order valence-corrected chi connectivity index (χ3v) is 6.15. The van der Waals surface area contributed by atoms with Gasteiger partial charge in [-0.15, -0.1) is 0 Å². The zero-order valence-corrected chi connectivity index (χ0v) is 25.7. The van der Waals surface area contributed by atoms with Gasteiger partial charge in [0.1, 0.15) is 0 Å². The third kappa shape index (κ3) is 21.1. The Morgan fingerprint density at radius 1 is 0.824 bits per heavy atom. The van der Waals surface area contributed by atoms with Crippen LogP contribution in [0.3, 0.4) is 0 Å². The first-order valence-corrected chi connectivity index (χ1v) is 14.0. The summed E-state index contributed by atoms with van der Waals surface area (Å²) in [6.45, 7) is 23.9. The molecule has 0 radical (unpaired) electrons. The molecule has 0 spiro atoms. The Balaban J connectivity index is -0.000000187. The zero-order chi connectivity index (χ0) is 28.0. The molecule has 1 saturated carbocycles. The minimum absolute atomic E-state index is 0.197. The number of likely N-dealkylation sites (N-methyl/N-ethyl adjacent to an activating group) is 2. The molecule has 212 valence electrons. The van der Waals surface area contributed by atoms with Gasteiger partial charge in [0.2, 0.25) is 0 Å². The van der Waals surface area contributed by atoms with Gasteiger partial charge in [-0.3, -0.25) is 0 Å². The van der Waals surface area contributed by atoms with E-state index in [1.165, 1.54) is 19.3 Å². The highest BCUT2D eigenvalue weighted by atomic mass is 16.3. The Morgan fingerprint density at radius 3 is 1.44 bits per heavy atom. The molecule has 0 aromatic carbocycles. The summed E-state index contributed by atoms with van der Waals surface area (Å²) in [4.78, 5) is 0. The first-order chi connectivity index (χ1) is 15.8. The number of hydrogen-bond acceptors (Lipinski definition) is 6. The van der Waals surface area contributed by atoms with Gasteiger partial charge in [0.05, 0.1) is 17.3 Å². The summed E-state index contributed by atoms with van der Waals surface area (Å²) in [6.07, 6.45) is 7.30. The van der Waals surface area contributed by atoms with Crippen LogP contribution in [0.4, 0.5) is 0 Å². The molecule has 34 heavy (non-hydrogen) atoms. The fourth-order valence-corrected chi connectivity index (χ4v) is 3.88. The predicted molar refractivity (Wildman–Crippen MR) is 153 cm³/mol. The van der Waals surface area contributed by atoms with Crippen molar-refractivity contribution >= 4 is 0 Å². The molecule has 0 amide bonds. The van der Waals surface area contributed by atoms with Crippen LogP contribution in [0.25, 0.3) is 0 Å². The lowest BCUT2D eigenvalue weighted by atomic mass is 9.80. The maximum Gasteiger partial charge on any atom is 0.0797 e. The van der Waals surface area contributed by atoms with Crippen LogP contribution >= 0.6 is 0 Å². The largest absolute Gasteiger partial charge is 0.392 e. The monoisotopic (exact) mass is 494 g/mol. The molecule has 1 aliphatic carbocycles. The molecule has 1 rings (SSSR count). The highest BCUT2D eigenvalue weighted by Gasteiger charge is 2.33. The van der Waals surface area contributed by atoms with E-state index >= 15 is 0 Å². The van der Waals surface area contributed by atoms with Crippen LogP contribution in [0.5, 0.6) is 0 Å². The molecule has 0 heterocycles. The number of aliphatic hydroxyl groups excluding tert-OH is 1. The second-order valence-corrected chi connectivity index (χ2v) is 9.65. The van der Waals surface area contributed by atoms with Gasteiger partial charge in [0.25, 0.3) is 0 Å². The summed E-state index contributed by atoms with van der Waals surface area (Å²) in [7, 11) is 3.78. The molecule has 0 aliphatic heterocycles. The number of nitrogens with one attached hydrogen (secondary N) is 3. The second kappa shape index (κ2) is 24.5. The lowest BCUT2D eigenvalue weighted by Crippen LogP contribution is -2.48. The maximum absolute atomic E-state index is 10.1. The number of hydrogen-bond donors (Lipinski definition) is 6. The number of rotatable bonds is 9. The summed E-state index contributed by atoms with van der Waals surface area (Å²) >= 11 is 0. The maximum atomic E-state index is 10.1. The van der Waals surface area contributed by atoms with Gasteiger partial charge >= 0.3 is 0 Å². The van der Waals surface area contributed by atoms with Crippen LogP contribution in [-0.2, 0) is 0 Å². The Hall–Kier alpha value is -0.240. The van der Waals surface area contributed by atoms with Crippen LogP contribution in [0.1, 0.15) is 128 Å². The van der Waals surface area contributed by atoms with Gasteiger partial charge in [0, 0.05) is 24.2 Å². The quantitative estimate of drug-likeness (QED) is 0.263. The van der Waals surface area contributed by atoms with Crippen molar-refractivity contribution in [1.82, 2.24) is 16.0 Å². The molecule has 6 heteroatoms. The van der Waals surface area contributed by atoms with Gasteiger partial charge in [-0.25, -0.2) is 0 Å². The van der Waals surface area contributed by atoms with Gasteiger partial charge in [-0.05, 0) is 67.5 Å². The summed E-state index contributed by atoms with van der Waals surface area (Å²) in [5, 5.41) is 38.1. The average molecular weight is 494 g/mol. The Morgan fingerprint density at radius 2 is 1.26 bits per heavy atom. The summed E-state index contributed by atoms with van der Waals surface area (Å²) in [5.74, 6) is 0. The molecular weight excluding hydrogens is 426 g/mol. The van der Waals surface area contributed by atoms with E-state index in [0.717, 1.165) is 25.7 Å². The highest BCUT2D eigenvalue weighted by Crippen LogP contribution is 2.30. The van der Waals surface area contributed by atoms with Gasteiger partial charge in [-0.1, -0.05) is 74.7 Å². The van der Waals surface area contributed by atoms with E-state index in [1.54, 1.807) is 6.92 Å². The van der Waals surface area contributed by atoms with Crippen molar-refractivity contribution < 1.29 is 15.3 Å². The fourth-order valence-electron chi connectivity index (χ4n) is 3.88. The molecule has 0 saturated heterocycles. The summed E-state index contributed by atoms with van der Waals surface area (Å²) in [6, 6.07) is 1.13. The molecule has 0 bridgehead atoms. The topological polar surface area (TPSA) is 96.8 Å². The van der Waals surface area contributed by atoms with Crippen molar-refractivity contribution in [2.75, 3.05) is 14.1 Å². The lowest BCUT2D eigenvalue weighted by Gasteiger charge is -2.37. The molecule has 4 unspecified atom stereocenters. The molecule has 6 N–H and O–H groups in total. The van der Waals surface area contributed by atoms with E-state index in [2.05, 4.69) is 43.6 Å². The molecule has 0 aromatic heterocycles. The van der Waals surface area contributed by atoms with Crippen molar-refractivity contribution in [3.63, 3.8) is 0 Å². The molecule has 6 nitrogen and oxygen atoms in total. The zero-order valence-electron chi connectivity index (χ0n) is 25.7. The average Bonchev–Trinajstić information content (AvgIpc) is 2.80. The van der Waals surface area contributed by atoms with E-state index in [4.69, 9.17) is 5.11 Å². The van der Waals surface area contributed by atoms with Crippen molar-refractivity contribution in [2.45, 2.75) is 170 Å². The standard InChI is InChI=1S/C9H19NO.C9H21NO.C6H15NO.2C2H6/c1-8(10-2)9(11)6-4-3-5-7-9;1-6-8(9(4,5)11)10-7(2)3;1-4-6(7-3)5(2)8;2*1-2/h8,10-11H,3-7H2,1-2H3;7-8,10-11H,6H2,1-5H3;5-8H,4H2,1-3H3;2*1-2H3. The van der Waals surface area contributed by atoms with Crippen molar-refractivity contribution in [3.8, 4) is 0 Å². The van der Waals surface area contributed by atoms with Crippen molar-refractivity contribution in [3.05, 3.63) is 0 Å². The van der Waals surface area contributed by atoms with E-state index in [-0.39, 0.29) is 24.2 Å². The first-order valence-electron chi connectivity index (χ1n) is 14.0. The van der Waals surface area contributed by atoms with Crippen LogP contribution in [0.15, 0.2) is 0 Å². The Kier molecular flexibility index (Phi) is 29.4. The van der Waals surface area contributed by atoms with Gasteiger partial charge < -0.3 is 31.3 Å². The van der Waals surface area contributed by atoms with Crippen LogP contribution in [0.2, 0.25) is 0 Å². The van der Waals surface area contributed by atoms with Crippen LogP contribution in [-0.4, -0.2) is 70.9 Å². The molecule has 1 aliphatic rings. The van der Waals surface area contributed by atoms with Crippen molar-refractivity contribution in [2.24, 2.45) is 0 Å². The lowest BCUT2D eigenvalue weighted by molar-refractivity contribution is -0.0230.